The van der Waals surface area contributed by atoms with Crippen LogP contribution in [0.5, 0.6) is 11.5 Å². The standard InChI is InChI=1S/C49H45BrN8O6/c1-55(2)32-14-6-28(7-15-32)51-53-30-10-18-34(19-11-30)57-46(60)37-23-22-36-38(43(37)48(57)62)26-40-44(42(36)39-24-27(50)25-41(64-5)45(39)59)49(63)58(47(40)61)35-20-12-31(13-21-35)54-52-29-8-16-33(17-9-29)56(3)4/h6-22,24-25,37-38,40,42-44,59H,23,26H2,1-5H3. The minimum Gasteiger partial charge on any atom is -0.504 e. The number of methoxy groups -OCH3 is 1. The summed E-state index contributed by atoms with van der Waals surface area (Å²) in [5.41, 5.74) is 6.40. The van der Waals surface area contributed by atoms with E-state index >= 15 is 0 Å². The quantitative estimate of drug-likeness (QED) is 0.0823. The Morgan fingerprint density at radius 3 is 1.48 bits per heavy atom. The van der Waals surface area contributed by atoms with E-state index in [4.69, 9.17) is 4.74 Å². The average Bonchev–Trinajstić information content (AvgIpc) is 3.71. The van der Waals surface area contributed by atoms with Crippen molar-refractivity contribution in [2.45, 2.75) is 18.8 Å². The number of anilines is 4. The van der Waals surface area contributed by atoms with Crippen LogP contribution in [-0.2, 0) is 19.2 Å². The number of allylic oxidation sites excluding steroid dienone is 2. The monoisotopic (exact) mass is 920 g/mol. The van der Waals surface area contributed by atoms with E-state index < -0.39 is 47.3 Å². The number of amides is 4. The van der Waals surface area contributed by atoms with E-state index in [1.165, 1.54) is 16.9 Å². The van der Waals surface area contributed by atoms with Gasteiger partial charge in [0.05, 0.1) is 64.9 Å². The second-order valence-corrected chi connectivity index (χ2v) is 17.8. The van der Waals surface area contributed by atoms with Crippen molar-refractivity contribution in [3.63, 3.8) is 0 Å². The maximum absolute atomic E-state index is 14.8. The zero-order valence-corrected chi connectivity index (χ0v) is 37.4. The number of aromatic hydroxyl groups is 1. The Morgan fingerprint density at radius 2 is 1.03 bits per heavy atom. The lowest BCUT2D eigenvalue weighted by molar-refractivity contribution is -0.126. The van der Waals surface area contributed by atoms with Gasteiger partial charge in [0.25, 0.3) is 0 Å². The summed E-state index contributed by atoms with van der Waals surface area (Å²) in [4.78, 5) is 64.7. The van der Waals surface area contributed by atoms with Crippen molar-refractivity contribution in [3.05, 3.63) is 131 Å². The number of carbonyl (C=O) groups is 4. The summed E-state index contributed by atoms with van der Waals surface area (Å²) in [6.07, 6.45) is 2.36. The molecule has 14 nitrogen and oxygen atoms in total. The number of rotatable bonds is 10. The van der Waals surface area contributed by atoms with E-state index in [0.29, 0.717) is 44.2 Å². The third-order valence-electron chi connectivity index (χ3n) is 12.8. The molecule has 2 aliphatic carbocycles. The first-order valence-electron chi connectivity index (χ1n) is 20.9. The van der Waals surface area contributed by atoms with Crippen molar-refractivity contribution >= 4 is 85.1 Å². The lowest BCUT2D eigenvalue weighted by Crippen LogP contribution is -2.43. The second kappa shape index (κ2) is 16.9. The minimum absolute atomic E-state index is 0.166. The molecular formula is C49H45BrN8O6. The second-order valence-electron chi connectivity index (χ2n) is 16.8. The van der Waals surface area contributed by atoms with Crippen LogP contribution >= 0.6 is 15.9 Å². The highest BCUT2D eigenvalue weighted by molar-refractivity contribution is 9.10. The molecule has 5 aromatic rings. The Balaban J connectivity index is 1.01. The van der Waals surface area contributed by atoms with E-state index in [1.54, 1.807) is 60.7 Å². The fourth-order valence-corrected chi connectivity index (χ4v) is 10.1. The van der Waals surface area contributed by atoms with E-state index in [9.17, 15) is 24.3 Å². The number of nitrogens with zero attached hydrogens (tertiary/aromatic N) is 8. The molecule has 0 spiro atoms. The maximum Gasteiger partial charge on any atom is 0.238 e. The Labute approximate surface area is 378 Å². The highest BCUT2D eigenvalue weighted by Gasteiger charge is 2.62. The first-order chi connectivity index (χ1) is 30.8. The van der Waals surface area contributed by atoms with E-state index in [1.807, 2.05) is 92.6 Å². The normalized spacial score (nSPS) is 22.8. The first-order valence-corrected chi connectivity index (χ1v) is 21.7. The van der Waals surface area contributed by atoms with Crippen LogP contribution in [0.15, 0.2) is 146 Å². The molecule has 2 aliphatic heterocycles. The fraction of sp³-hybridized carbons (Fsp3) is 0.265. The number of imide groups is 2. The number of phenolic OH excluding ortho intramolecular Hbond substituents is 1. The molecular weight excluding hydrogens is 876 g/mol. The number of halogens is 1. The van der Waals surface area contributed by atoms with Gasteiger partial charge in [-0.1, -0.05) is 27.6 Å². The van der Waals surface area contributed by atoms with Crippen LogP contribution in [0.3, 0.4) is 0 Å². The van der Waals surface area contributed by atoms with Gasteiger partial charge in [-0.15, -0.1) is 0 Å². The van der Waals surface area contributed by atoms with Gasteiger partial charge in [-0.2, -0.15) is 20.5 Å². The predicted octanol–water partition coefficient (Wildman–Crippen LogP) is 10.2. The smallest absolute Gasteiger partial charge is 0.238 e. The van der Waals surface area contributed by atoms with Gasteiger partial charge < -0.3 is 19.6 Å². The summed E-state index contributed by atoms with van der Waals surface area (Å²) in [5, 5.41) is 29.1. The van der Waals surface area contributed by atoms with Gasteiger partial charge in [0, 0.05) is 55.5 Å². The Bertz CT molecular complexity index is 2750. The summed E-state index contributed by atoms with van der Waals surface area (Å²) in [7, 11) is 9.28. The predicted molar refractivity (Wildman–Crippen MR) is 248 cm³/mol. The van der Waals surface area contributed by atoms with Crippen LogP contribution in [0, 0.1) is 29.6 Å². The molecule has 64 heavy (non-hydrogen) atoms. The molecule has 0 bridgehead atoms. The van der Waals surface area contributed by atoms with Crippen molar-refractivity contribution in [1.29, 1.82) is 0 Å². The molecule has 6 atom stereocenters. The van der Waals surface area contributed by atoms with Crippen molar-refractivity contribution < 1.29 is 29.0 Å². The first kappa shape index (κ1) is 42.3. The van der Waals surface area contributed by atoms with E-state index in [0.717, 1.165) is 16.9 Å². The van der Waals surface area contributed by atoms with Gasteiger partial charge in [0.1, 0.15) is 0 Å². The number of hydrogen-bond acceptors (Lipinski definition) is 12. The third kappa shape index (κ3) is 7.52. The molecule has 6 unspecified atom stereocenters. The minimum atomic E-state index is -0.906. The molecule has 1 N–H and O–H groups in total. The van der Waals surface area contributed by atoms with Crippen molar-refractivity contribution in [2.24, 2.45) is 50.0 Å². The maximum atomic E-state index is 14.8. The van der Waals surface area contributed by atoms with Crippen LogP contribution in [0.4, 0.5) is 45.5 Å². The van der Waals surface area contributed by atoms with Gasteiger partial charge in [-0.05, 0) is 128 Å². The highest BCUT2D eigenvalue weighted by atomic mass is 79.9. The number of ether oxygens (including phenoxy) is 1. The number of fused-ring (bicyclic) bond motifs is 4. The number of benzene rings is 5. The molecule has 2 heterocycles. The Kier molecular flexibility index (Phi) is 11.2. The van der Waals surface area contributed by atoms with E-state index in [2.05, 4.69) is 36.4 Å². The molecule has 3 fully saturated rings. The van der Waals surface area contributed by atoms with Crippen LogP contribution in [0.2, 0.25) is 0 Å². The van der Waals surface area contributed by atoms with Crippen LogP contribution in [-0.4, -0.2) is 64.0 Å². The SMILES string of the molecule is COc1cc(Br)cc(C2C3=CCC4C(=O)N(c5ccc(N=Nc6ccc(N(C)C)cc6)cc5)C(=O)C4C3CC3C(=O)N(c4ccc(N=Nc5ccc(N(C)C)cc5)cc4)C(=O)C32)c1O. The lowest BCUT2D eigenvalue weighted by Gasteiger charge is -2.44. The Hall–Kier alpha value is -7.00. The van der Waals surface area contributed by atoms with Gasteiger partial charge in [0.2, 0.25) is 23.6 Å². The highest BCUT2D eigenvalue weighted by Crippen LogP contribution is 2.60. The van der Waals surface area contributed by atoms with Gasteiger partial charge in [0.15, 0.2) is 11.5 Å². The fourth-order valence-electron chi connectivity index (χ4n) is 9.64. The molecule has 15 heteroatoms. The summed E-state index contributed by atoms with van der Waals surface area (Å²) < 4.78 is 6.14. The van der Waals surface area contributed by atoms with Crippen molar-refractivity contribution in [1.82, 2.24) is 0 Å². The summed E-state index contributed by atoms with van der Waals surface area (Å²) in [5.74, 6) is -6.12. The molecule has 324 valence electrons. The molecule has 4 amide bonds. The molecule has 1 saturated carbocycles. The molecule has 4 aliphatic rings. The van der Waals surface area contributed by atoms with Crippen LogP contribution in [0.1, 0.15) is 24.3 Å². The molecule has 0 aromatic heterocycles. The van der Waals surface area contributed by atoms with E-state index in [-0.39, 0.29) is 36.2 Å². The lowest BCUT2D eigenvalue weighted by atomic mass is 9.57. The van der Waals surface area contributed by atoms with Gasteiger partial charge >= 0.3 is 0 Å². The summed E-state index contributed by atoms with van der Waals surface area (Å²) in [6.45, 7) is 0. The number of hydrogen-bond donors (Lipinski definition) is 1. The summed E-state index contributed by atoms with van der Waals surface area (Å²) in [6, 6.07) is 32.1. The zero-order valence-electron chi connectivity index (χ0n) is 35.8. The average molecular weight is 922 g/mol. The number of phenols is 1. The third-order valence-corrected chi connectivity index (χ3v) is 13.2. The van der Waals surface area contributed by atoms with Gasteiger partial charge in [-0.3, -0.25) is 29.0 Å². The molecule has 9 rings (SSSR count). The number of azo groups is 2. The van der Waals surface area contributed by atoms with Crippen LogP contribution in [0.25, 0.3) is 0 Å². The molecule has 5 aromatic carbocycles. The molecule has 0 radical (unpaired) electrons. The van der Waals surface area contributed by atoms with Crippen molar-refractivity contribution in [2.75, 3.05) is 54.9 Å². The Morgan fingerprint density at radius 1 is 0.594 bits per heavy atom. The topological polar surface area (TPSA) is 160 Å². The molecule has 2 saturated heterocycles. The van der Waals surface area contributed by atoms with Gasteiger partial charge in [-0.25, -0.2) is 0 Å². The summed E-state index contributed by atoms with van der Waals surface area (Å²) >= 11 is 3.55. The zero-order chi connectivity index (χ0) is 45.0. The number of carbonyl (C=O) groups excluding carboxylic acids is 4. The van der Waals surface area contributed by atoms with Crippen LogP contribution < -0.4 is 24.3 Å². The van der Waals surface area contributed by atoms with Crippen molar-refractivity contribution in [3.8, 4) is 11.5 Å². The largest absolute Gasteiger partial charge is 0.504 e.